The number of fused-ring (bicyclic) bond motifs is 1. The SMILES string of the molecule is CCNC(=O)c1cccc(NC(=O)C2CCN(S(=O)(=O)c3ccc4c(c3)CCC4)CC2)c1. The standard InChI is InChI=1S/C24H29N3O4S/c1-2-25-23(28)20-7-4-8-21(15-20)26-24(29)18-11-13-27(14-12-18)32(30,31)22-10-9-17-5-3-6-19(17)16-22/h4,7-10,15-16,18H,2-3,5-6,11-14H2,1H3,(H,25,28)(H,26,29). The van der Waals surface area contributed by atoms with Crippen LogP contribution in [-0.2, 0) is 27.7 Å². The number of rotatable bonds is 6. The third-order valence-electron chi connectivity index (χ3n) is 6.26. The van der Waals surface area contributed by atoms with Gasteiger partial charge in [-0.15, -0.1) is 0 Å². The van der Waals surface area contributed by atoms with Crippen LogP contribution in [0.25, 0.3) is 0 Å². The molecule has 1 fully saturated rings. The second-order valence-corrected chi connectivity index (χ2v) is 10.3. The average Bonchev–Trinajstić information content (AvgIpc) is 3.27. The van der Waals surface area contributed by atoms with Crippen molar-refractivity contribution in [3.8, 4) is 0 Å². The number of hydrogen-bond acceptors (Lipinski definition) is 4. The van der Waals surface area contributed by atoms with Gasteiger partial charge < -0.3 is 10.6 Å². The maximum absolute atomic E-state index is 13.1. The number of nitrogens with one attached hydrogen (secondary N) is 2. The highest BCUT2D eigenvalue weighted by Gasteiger charge is 2.32. The summed E-state index contributed by atoms with van der Waals surface area (Å²) in [6.07, 6.45) is 3.95. The summed E-state index contributed by atoms with van der Waals surface area (Å²) in [6, 6.07) is 12.3. The minimum absolute atomic E-state index is 0.146. The van der Waals surface area contributed by atoms with Crippen LogP contribution in [0.15, 0.2) is 47.4 Å². The molecule has 1 saturated heterocycles. The zero-order valence-electron chi connectivity index (χ0n) is 18.3. The number of sulfonamides is 1. The molecule has 7 nitrogen and oxygen atoms in total. The average molecular weight is 456 g/mol. The van der Waals surface area contributed by atoms with Crippen molar-refractivity contribution in [2.45, 2.75) is 43.9 Å². The number of anilines is 1. The first-order valence-corrected chi connectivity index (χ1v) is 12.6. The zero-order valence-corrected chi connectivity index (χ0v) is 19.1. The van der Waals surface area contributed by atoms with Gasteiger partial charge in [-0.05, 0) is 80.5 Å². The van der Waals surface area contributed by atoms with Crippen molar-refractivity contribution < 1.29 is 18.0 Å². The molecule has 2 aromatic rings. The third kappa shape index (κ3) is 4.71. The number of benzene rings is 2. The molecule has 0 aromatic heterocycles. The molecule has 0 atom stereocenters. The van der Waals surface area contributed by atoms with Gasteiger partial charge in [0.1, 0.15) is 0 Å². The number of piperidine rings is 1. The zero-order chi connectivity index (χ0) is 22.7. The number of aryl methyl sites for hydroxylation is 2. The second kappa shape index (κ2) is 9.42. The number of hydrogen-bond donors (Lipinski definition) is 2. The van der Waals surface area contributed by atoms with E-state index < -0.39 is 10.0 Å². The van der Waals surface area contributed by atoms with E-state index in [0.717, 1.165) is 24.8 Å². The Hall–Kier alpha value is -2.71. The van der Waals surface area contributed by atoms with E-state index in [1.807, 2.05) is 19.1 Å². The smallest absolute Gasteiger partial charge is 0.251 e. The van der Waals surface area contributed by atoms with E-state index in [0.29, 0.717) is 48.6 Å². The van der Waals surface area contributed by atoms with Crippen LogP contribution >= 0.6 is 0 Å². The van der Waals surface area contributed by atoms with Crippen LogP contribution in [0.4, 0.5) is 5.69 Å². The molecule has 8 heteroatoms. The summed E-state index contributed by atoms with van der Waals surface area (Å²) >= 11 is 0. The summed E-state index contributed by atoms with van der Waals surface area (Å²) in [7, 11) is -3.56. The van der Waals surface area contributed by atoms with Gasteiger partial charge in [-0.25, -0.2) is 8.42 Å². The topological polar surface area (TPSA) is 95.6 Å². The summed E-state index contributed by atoms with van der Waals surface area (Å²) in [6.45, 7) is 3.01. The number of nitrogens with zero attached hydrogens (tertiary/aromatic N) is 1. The largest absolute Gasteiger partial charge is 0.352 e. The van der Waals surface area contributed by atoms with Crippen LogP contribution in [0, 0.1) is 5.92 Å². The second-order valence-electron chi connectivity index (χ2n) is 8.39. The normalized spacial score (nSPS) is 17.0. The van der Waals surface area contributed by atoms with Gasteiger partial charge in [-0.3, -0.25) is 9.59 Å². The molecular weight excluding hydrogens is 426 g/mol. The molecule has 170 valence electrons. The molecule has 2 aromatic carbocycles. The summed E-state index contributed by atoms with van der Waals surface area (Å²) in [5.74, 6) is -0.601. The van der Waals surface area contributed by atoms with Crippen LogP contribution in [-0.4, -0.2) is 44.2 Å². The van der Waals surface area contributed by atoms with E-state index in [1.165, 1.54) is 9.87 Å². The first-order chi connectivity index (χ1) is 15.4. The summed E-state index contributed by atoms with van der Waals surface area (Å²) in [4.78, 5) is 25.1. The first-order valence-electron chi connectivity index (χ1n) is 11.2. The fourth-order valence-corrected chi connectivity index (χ4v) is 5.98. The summed E-state index contributed by atoms with van der Waals surface area (Å²) in [5.41, 5.74) is 3.43. The van der Waals surface area contributed by atoms with E-state index in [-0.39, 0.29) is 17.7 Å². The summed E-state index contributed by atoms with van der Waals surface area (Å²) in [5, 5.41) is 5.61. The van der Waals surface area contributed by atoms with E-state index in [2.05, 4.69) is 10.6 Å². The highest BCUT2D eigenvalue weighted by molar-refractivity contribution is 7.89. The highest BCUT2D eigenvalue weighted by Crippen LogP contribution is 2.29. The lowest BCUT2D eigenvalue weighted by atomic mass is 9.97. The molecule has 1 aliphatic carbocycles. The van der Waals surface area contributed by atoms with Crippen LogP contribution in [0.3, 0.4) is 0 Å². The third-order valence-corrected chi connectivity index (χ3v) is 8.16. The Morgan fingerprint density at radius 2 is 1.78 bits per heavy atom. The fraction of sp³-hybridized carbons (Fsp3) is 0.417. The Morgan fingerprint density at radius 1 is 1.03 bits per heavy atom. The molecular formula is C24H29N3O4S. The minimum atomic E-state index is -3.56. The Labute approximate surface area is 189 Å². The van der Waals surface area contributed by atoms with Gasteiger partial charge in [0, 0.05) is 36.8 Å². The molecule has 0 saturated carbocycles. The predicted molar refractivity (Wildman–Crippen MR) is 123 cm³/mol. The summed E-state index contributed by atoms with van der Waals surface area (Å²) < 4.78 is 27.7. The van der Waals surface area contributed by atoms with Crippen molar-refractivity contribution in [3.63, 3.8) is 0 Å². The number of carbonyl (C=O) groups is 2. The van der Waals surface area contributed by atoms with Gasteiger partial charge in [0.15, 0.2) is 0 Å². The maximum atomic E-state index is 13.1. The van der Waals surface area contributed by atoms with Crippen LogP contribution in [0.2, 0.25) is 0 Å². The molecule has 2 N–H and O–H groups in total. The van der Waals surface area contributed by atoms with Crippen molar-refractivity contribution in [1.82, 2.24) is 9.62 Å². The Bertz CT molecular complexity index is 1120. The van der Waals surface area contributed by atoms with Crippen molar-refractivity contribution in [1.29, 1.82) is 0 Å². The lowest BCUT2D eigenvalue weighted by molar-refractivity contribution is -0.120. The Morgan fingerprint density at radius 3 is 2.53 bits per heavy atom. The van der Waals surface area contributed by atoms with Crippen molar-refractivity contribution in [2.75, 3.05) is 25.0 Å². The Kier molecular flexibility index (Phi) is 6.62. The lowest BCUT2D eigenvalue weighted by Gasteiger charge is -2.30. The Balaban J connectivity index is 1.37. The molecule has 0 unspecified atom stereocenters. The van der Waals surface area contributed by atoms with Gasteiger partial charge in [0.25, 0.3) is 5.91 Å². The molecule has 0 radical (unpaired) electrons. The highest BCUT2D eigenvalue weighted by atomic mass is 32.2. The van der Waals surface area contributed by atoms with E-state index in [4.69, 9.17) is 0 Å². The molecule has 32 heavy (non-hydrogen) atoms. The van der Waals surface area contributed by atoms with Gasteiger partial charge in [-0.2, -0.15) is 4.31 Å². The number of amides is 2. The van der Waals surface area contributed by atoms with Gasteiger partial charge in [0.2, 0.25) is 15.9 Å². The van der Waals surface area contributed by atoms with E-state index in [1.54, 1.807) is 30.3 Å². The van der Waals surface area contributed by atoms with Crippen molar-refractivity contribution >= 4 is 27.5 Å². The van der Waals surface area contributed by atoms with Crippen LogP contribution in [0.5, 0.6) is 0 Å². The molecule has 0 spiro atoms. The van der Waals surface area contributed by atoms with Crippen LogP contribution < -0.4 is 10.6 Å². The molecule has 1 heterocycles. The van der Waals surface area contributed by atoms with Crippen molar-refractivity contribution in [3.05, 3.63) is 59.2 Å². The predicted octanol–water partition coefficient (Wildman–Crippen LogP) is 2.96. The fourth-order valence-electron chi connectivity index (χ4n) is 4.46. The van der Waals surface area contributed by atoms with Crippen molar-refractivity contribution in [2.24, 2.45) is 5.92 Å². The van der Waals surface area contributed by atoms with Gasteiger partial charge in [-0.1, -0.05) is 12.1 Å². The van der Waals surface area contributed by atoms with E-state index in [9.17, 15) is 18.0 Å². The quantitative estimate of drug-likeness (QED) is 0.700. The number of carbonyl (C=O) groups excluding carboxylic acids is 2. The monoisotopic (exact) mass is 455 g/mol. The minimum Gasteiger partial charge on any atom is -0.352 e. The van der Waals surface area contributed by atoms with Gasteiger partial charge in [0.05, 0.1) is 4.90 Å². The van der Waals surface area contributed by atoms with Crippen LogP contribution in [0.1, 0.15) is 47.7 Å². The van der Waals surface area contributed by atoms with E-state index >= 15 is 0 Å². The molecule has 1 aliphatic heterocycles. The molecule has 0 bridgehead atoms. The molecule has 2 amide bonds. The maximum Gasteiger partial charge on any atom is 0.251 e. The first kappa shape index (κ1) is 22.5. The lowest BCUT2D eigenvalue weighted by Crippen LogP contribution is -2.41. The molecule has 2 aliphatic rings. The van der Waals surface area contributed by atoms with Gasteiger partial charge >= 0.3 is 0 Å². The molecule has 4 rings (SSSR count).